The average molecular weight is 327 g/mol. The second-order valence-electron chi connectivity index (χ2n) is 6.08. The molecule has 0 unspecified atom stereocenters. The molecule has 0 aromatic heterocycles. The van der Waals surface area contributed by atoms with Crippen molar-refractivity contribution in [1.29, 1.82) is 0 Å². The number of hydrogen-bond acceptors (Lipinski definition) is 2. The van der Waals surface area contributed by atoms with Gasteiger partial charge in [-0.05, 0) is 36.8 Å². The van der Waals surface area contributed by atoms with Crippen molar-refractivity contribution in [3.63, 3.8) is 0 Å². The van der Waals surface area contributed by atoms with E-state index in [1.165, 1.54) is 50.5 Å². The number of hydrogen-bond donors (Lipinski definition) is 1. The highest BCUT2D eigenvalue weighted by Crippen LogP contribution is 2.12. The Bertz CT molecular complexity index is 492. The summed E-state index contributed by atoms with van der Waals surface area (Å²) in [5.41, 5.74) is 2.49. The molecule has 0 saturated heterocycles. The summed E-state index contributed by atoms with van der Waals surface area (Å²) in [5.74, 6) is -0.160. The van der Waals surface area contributed by atoms with Crippen LogP contribution in [0.5, 0.6) is 0 Å². The van der Waals surface area contributed by atoms with Crippen LogP contribution >= 0.6 is 0 Å². The number of aryl methyl sites for hydroxylation is 2. The highest BCUT2D eigenvalue weighted by Gasteiger charge is 2.04. The highest BCUT2D eigenvalue weighted by atomic mass is 32.2. The first-order valence-electron chi connectivity index (χ1n) is 8.54. The van der Waals surface area contributed by atoms with Crippen molar-refractivity contribution in [3.8, 4) is 0 Å². The third-order valence-electron chi connectivity index (χ3n) is 3.96. The molecule has 0 amide bonds. The Kier molecular flexibility index (Phi) is 9.41. The van der Waals surface area contributed by atoms with Gasteiger partial charge in [0, 0.05) is 0 Å². The van der Waals surface area contributed by atoms with E-state index in [0.717, 1.165) is 12.0 Å². The molecular weight excluding hydrogens is 296 g/mol. The van der Waals surface area contributed by atoms with Crippen LogP contribution in [0.2, 0.25) is 0 Å². The van der Waals surface area contributed by atoms with Crippen molar-refractivity contribution < 1.29 is 13.0 Å². The monoisotopic (exact) mass is 326 g/mol. The van der Waals surface area contributed by atoms with Crippen LogP contribution in [0.1, 0.15) is 69.4 Å². The first-order valence-corrected chi connectivity index (χ1v) is 10.1. The summed E-state index contributed by atoms with van der Waals surface area (Å²) in [5, 5.41) is 0. The lowest BCUT2D eigenvalue weighted by molar-refractivity contribution is 0.481. The molecule has 0 atom stereocenters. The molecule has 0 aliphatic rings. The molecular formula is C18H30O3S. The maximum absolute atomic E-state index is 10.7. The maximum Gasteiger partial charge on any atom is 0.264 e. The summed E-state index contributed by atoms with van der Waals surface area (Å²) in [4.78, 5) is 0. The van der Waals surface area contributed by atoms with Crippen LogP contribution in [0.25, 0.3) is 0 Å². The van der Waals surface area contributed by atoms with E-state index in [0.29, 0.717) is 12.8 Å². The summed E-state index contributed by atoms with van der Waals surface area (Å²) in [6.07, 6.45) is 11.6. The van der Waals surface area contributed by atoms with Crippen molar-refractivity contribution in [1.82, 2.24) is 0 Å². The Labute approximate surface area is 135 Å². The van der Waals surface area contributed by atoms with Gasteiger partial charge >= 0.3 is 0 Å². The largest absolute Gasteiger partial charge is 0.286 e. The summed E-state index contributed by atoms with van der Waals surface area (Å²) in [7, 11) is -3.83. The van der Waals surface area contributed by atoms with Crippen LogP contribution in [-0.4, -0.2) is 18.7 Å². The predicted octanol–water partition coefficient (Wildman–Crippen LogP) is 4.80. The summed E-state index contributed by atoms with van der Waals surface area (Å²) < 4.78 is 30.0. The molecule has 0 aliphatic carbocycles. The van der Waals surface area contributed by atoms with Gasteiger partial charge in [-0.25, -0.2) is 0 Å². The van der Waals surface area contributed by atoms with Gasteiger partial charge < -0.3 is 0 Å². The summed E-state index contributed by atoms with van der Waals surface area (Å²) >= 11 is 0. The lowest BCUT2D eigenvalue weighted by atomic mass is 10.0. The van der Waals surface area contributed by atoms with E-state index in [9.17, 15) is 8.42 Å². The minimum absolute atomic E-state index is 0.160. The molecule has 0 aliphatic heterocycles. The van der Waals surface area contributed by atoms with Gasteiger partial charge in [0.25, 0.3) is 10.1 Å². The Morgan fingerprint density at radius 3 is 1.73 bits per heavy atom. The Morgan fingerprint density at radius 2 is 1.23 bits per heavy atom. The zero-order valence-electron chi connectivity index (χ0n) is 13.8. The second kappa shape index (κ2) is 10.8. The van der Waals surface area contributed by atoms with E-state index in [-0.39, 0.29) is 5.75 Å². The minimum Gasteiger partial charge on any atom is -0.286 e. The third-order valence-corrected chi connectivity index (χ3v) is 4.76. The van der Waals surface area contributed by atoms with Crippen LogP contribution in [0, 0.1) is 0 Å². The minimum atomic E-state index is -3.83. The molecule has 4 heteroatoms. The normalized spacial score (nSPS) is 11.7. The lowest BCUT2D eigenvalue weighted by Crippen LogP contribution is -2.04. The Morgan fingerprint density at radius 1 is 0.773 bits per heavy atom. The first-order chi connectivity index (χ1) is 10.5. The van der Waals surface area contributed by atoms with E-state index < -0.39 is 10.1 Å². The van der Waals surface area contributed by atoms with Gasteiger partial charge in [0.1, 0.15) is 0 Å². The molecule has 22 heavy (non-hydrogen) atoms. The van der Waals surface area contributed by atoms with Crippen LogP contribution in [0.3, 0.4) is 0 Å². The van der Waals surface area contributed by atoms with Crippen LogP contribution in [0.15, 0.2) is 24.3 Å². The highest BCUT2D eigenvalue weighted by molar-refractivity contribution is 7.85. The number of unbranched alkanes of at least 4 members (excludes halogenated alkanes) is 6. The summed E-state index contributed by atoms with van der Waals surface area (Å²) in [6, 6.07) is 8.42. The molecule has 1 N–H and O–H groups in total. The van der Waals surface area contributed by atoms with Crippen molar-refractivity contribution in [2.75, 3.05) is 5.75 Å². The van der Waals surface area contributed by atoms with Crippen LogP contribution < -0.4 is 0 Å². The van der Waals surface area contributed by atoms with E-state index in [1.807, 2.05) is 0 Å². The van der Waals surface area contributed by atoms with Gasteiger partial charge in [-0.1, -0.05) is 69.7 Å². The molecule has 1 rings (SSSR count). The average Bonchev–Trinajstić information content (AvgIpc) is 2.46. The number of benzene rings is 1. The predicted molar refractivity (Wildman–Crippen MR) is 92.9 cm³/mol. The van der Waals surface area contributed by atoms with Crippen molar-refractivity contribution in [2.24, 2.45) is 0 Å². The third kappa shape index (κ3) is 9.96. The van der Waals surface area contributed by atoms with Gasteiger partial charge in [-0.2, -0.15) is 8.42 Å². The molecule has 1 aromatic carbocycles. The van der Waals surface area contributed by atoms with Crippen molar-refractivity contribution in [3.05, 3.63) is 35.4 Å². The lowest BCUT2D eigenvalue weighted by Gasteiger charge is -2.05. The molecule has 0 fully saturated rings. The molecule has 126 valence electrons. The molecule has 0 spiro atoms. The Hall–Kier alpha value is -0.870. The van der Waals surface area contributed by atoms with E-state index in [2.05, 4.69) is 31.2 Å². The Balaban J connectivity index is 2.16. The molecule has 0 heterocycles. The van der Waals surface area contributed by atoms with Crippen molar-refractivity contribution in [2.45, 2.75) is 71.1 Å². The van der Waals surface area contributed by atoms with Gasteiger partial charge in [0.15, 0.2) is 0 Å². The zero-order valence-corrected chi connectivity index (χ0v) is 14.6. The fraction of sp³-hybridized carbons (Fsp3) is 0.667. The van der Waals surface area contributed by atoms with Crippen LogP contribution in [-0.2, 0) is 23.0 Å². The SMILES string of the molecule is CCCCCCCCCc1ccc(CCCS(=O)(=O)O)cc1. The fourth-order valence-corrected chi connectivity index (χ4v) is 3.13. The van der Waals surface area contributed by atoms with E-state index in [4.69, 9.17) is 4.55 Å². The quantitative estimate of drug-likeness (QED) is 0.443. The van der Waals surface area contributed by atoms with E-state index in [1.54, 1.807) is 0 Å². The molecule has 0 bridgehead atoms. The number of rotatable bonds is 12. The first kappa shape index (κ1) is 19.2. The fourth-order valence-electron chi connectivity index (χ4n) is 2.62. The van der Waals surface area contributed by atoms with Gasteiger partial charge in [-0.15, -0.1) is 0 Å². The van der Waals surface area contributed by atoms with Gasteiger partial charge in [0.2, 0.25) is 0 Å². The van der Waals surface area contributed by atoms with Crippen molar-refractivity contribution >= 4 is 10.1 Å². The topological polar surface area (TPSA) is 54.4 Å². The van der Waals surface area contributed by atoms with Gasteiger partial charge in [0.05, 0.1) is 5.75 Å². The maximum atomic E-state index is 10.7. The molecule has 0 radical (unpaired) electrons. The molecule has 0 saturated carbocycles. The van der Waals surface area contributed by atoms with Gasteiger partial charge in [-0.3, -0.25) is 4.55 Å². The smallest absolute Gasteiger partial charge is 0.264 e. The zero-order chi connectivity index (χ0) is 16.3. The van der Waals surface area contributed by atoms with E-state index >= 15 is 0 Å². The second-order valence-corrected chi connectivity index (χ2v) is 7.65. The standard InChI is InChI=1S/C18H30O3S/c1-2-3-4-5-6-7-8-10-17-12-14-18(15-13-17)11-9-16-22(19,20)21/h12-15H,2-11,16H2,1H3,(H,19,20,21). The molecule has 3 nitrogen and oxygen atoms in total. The summed E-state index contributed by atoms with van der Waals surface area (Å²) in [6.45, 7) is 2.24. The van der Waals surface area contributed by atoms with Crippen LogP contribution in [0.4, 0.5) is 0 Å². The molecule has 1 aromatic rings.